The van der Waals surface area contributed by atoms with Crippen molar-refractivity contribution in [3.05, 3.63) is 17.3 Å². The van der Waals surface area contributed by atoms with Crippen molar-refractivity contribution in [1.29, 1.82) is 0 Å². The fraction of sp³-hybridized carbons (Fsp3) is 0.364. The van der Waals surface area contributed by atoms with Crippen LogP contribution in [-0.4, -0.2) is 68.3 Å². The summed E-state index contributed by atoms with van der Waals surface area (Å²) in [4.78, 5) is 37.1. The summed E-state index contributed by atoms with van der Waals surface area (Å²) in [7, 11) is -4.25. The zero-order valence-corrected chi connectivity index (χ0v) is 15.3. The van der Waals surface area contributed by atoms with Gasteiger partial charge in [-0.1, -0.05) is 0 Å². The van der Waals surface area contributed by atoms with Crippen LogP contribution in [0.1, 0.15) is 4.88 Å². The molecule has 1 atom stereocenters. The second-order valence-corrected chi connectivity index (χ2v) is 7.84. The van der Waals surface area contributed by atoms with Gasteiger partial charge in [0.05, 0.1) is 6.54 Å². The SMILES string of the molecule is Cc1cc(NS(=O)(=O)NC(=O)N2C[C@H](NC(=O)Cn3cnnn3)C2=O)ns1. The third kappa shape index (κ3) is 4.53. The first-order chi connectivity index (χ1) is 12.7. The third-order valence-electron chi connectivity index (χ3n) is 3.30. The third-order valence-corrected chi connectivity index (χ3v) is 4.91. The van der Waals surface area contributed by atoms with E-state index in [4.69, 9.17) is 0 Å². The molecule has 3 N–H and O–H groups in total. The van der Waals surface area contributed by atoms with Crippen molar-refractivity contribution in [3.63, 3.8) is 0 Å². The lowest BCUT2D eigenvalue weighted by Crippen LogP contribution is -2.67. The fourth-order valence-electron chi connectivity index (χ4n) is 2.10. The summed E-state index contributed by atoms with van der Waals surface area (Å²) in [6.07, 6.45) is 1.23. The van der Waals surface area contributed by atoms with Gasteiger partial charge in [-0.15, -0.1) is 5.10 Å². The summed E-state index contributed by atoms with van der Waals surface area (Å²) in [5, 5.41) is 12.6. The van der Waals surface area contributed by atoms with Gasteiger partial charge in [-0.25, -0.2) is 18.9 Å². The van der Waals surface area contributed by atoms with Crippen molar-refractivity contribution < 1.29 is 22.8 Å². The van der Waals surface area contributed by atoms with Crippen molar-refractivity contribution >= 4 is 45.4 Å². The first-order valence-electron chi connectivity index (χ1n) is 7.33. The van der Waals surface area contributed by atoms with E-state index in [9.17, 15) is 22.8 Å². The Morgan fingerprint density at radius 2 is 2.19 bits per heavy atom. The number of β-lactam (4-membered cyclic amide) rings is 1. The van der Waals surface area contributed by atoms with Gasteiger partial charge in [-0.2, -0.15) is 12.8 Å². The number of likely N-dealkylation sites (tertiary alicyclic amines) is 1. The molecule has 1 aliphatic heterocycles. The van der Waals surface area contributed by atoms with Crippen LogP contribution < -0.4 is 14.8 Å². The standard InChI is InChI=1S/C11H13N9O5S2/c1-6-2-8(14-26-6)15-27(24,25)16-11(23)20-3-7(10(20)22)13-9(21)4-19-5-12-17-18-19/h2,5,7H,3-4H2,1H3,(H,13,21)(H,14,15)(H,16,23)/t7-/m0/s1. The molecular formula is C11H13N9O5S2. The van der Waals surface area contributed by atoms with E-state index < -0.39 is 34.1 Å². The van der Waals surface area contributed by atoms with Crippen LogP contribution in [0.5, 0.6) is 0 Å². The molecule has 2 aromatic rings. The van der Waals surface area contributed by atoms with Gasteiger partial charge in [0.25, 0.3) is 5.91 Å². The lowest BCUT2D eigenvalue weighted by Gasteiger charge is -2.36. The highest BCUT2D eigenvalue weighted by Gasteiger charge is 2.42. The molecule has 0 saturated carbocycles. The lowest BCUT2D eigenvalue weighted by molar-refractivity contribution is -0.142. The van der Waals surface area contributed by atoms with Crippen LogP contribution in [0.3, 0.4) is 0 Å². The summed E-state index contributed by atoms with van der Waals surface area (Å²) in [5.74, 6) is -1.22. The van der Waals surface area contributed by atoms with E-state index in [-0.39, 0.29) is 18.9 Å². The molecule has 14 nitrogen and oxygen atoms in total. The number of aromatic nitrogens is 5. The molecule has 16 heteroatoms. The molecule has 0 unspecified atom stereocenters. The number of anilines is 1. The van der Waals surface area contributed by atoms with Crippen molar-refractivity contribution in [2.45, 2.75) is 19.5 Å². The number of tetrazole rings is 1. The maximum absolute atomic E-state index is 12.0. The molecule has 1 fully saturated rings. The Balaban J connectivity index is 1.49. The Kier molecular flexibility index (Phi) is 5.00. The molecular weight excluding hydrogens is 402 g/mol. The minimum absolute atomic E-state index is 0.0560. The van der Waals surface area contributed by atoms with Crippen LogP contribution in [-0.2, 0) is 26.3 Å². The van der Waals surface area contributed by atoms with Gasteiger partial charge in [0.15, 0.2) is 5.82 Å². The number of hydrogen-bond acceptors (Lipinski definition) is 10. The summed E-state index contributed by atoms with van der Waals surface area (Å²) in [6, 6.07) is -0.582. The van der Waals surface area contributed by atoms with Crippen molar-refractivity contribution in [3.8, 4) is 0 Å². The quantitative estimate of drug-likeness (QED) is 0.442. The fourth-order valence-corrected chi connectivity index (χ4v) is 3.44. The molecule has 1 aliphatic rings. The number of urea groups is 1. The smallest absolute Gasteiger partial charge is 0.339 e. The van der Waals surface area contributed by atoms with E-state index in [0.29, 0.717) is 4.90 Å². The van der Waals surface area contributed by atoms with Crippen LogP contribution in [0.4, 0.5) is 10.6 Å². The summed E-state index contributed by atoms with van der Waals surface area (Å²) >= 11 is 1.08. The predicted molar refractivity (Wildman–Crippen MR) is 89.4 cm³/mol. The Bertz CT molecular complexity index is 970. The summed E-state index contributed by atoms with van der Waals surface area (Å²) in [5.41, 5.74) is 0. The normalized spacial score (nSPS) is 16.6. The Morgan fingerprint density at radius 3 is 2.78 bits per heavy atom. The molecule has 0 aromatic carbocycles. The van der Waals surface area contributed by atoms with E-state index in [1.807, 2.05) is 0 Å². The van der Waals surface area contributed by atoms with Crippen molar-refractivity contribution in [2.24, 2.45) is 0 Å². The topological polar surface area (TPSA) is 181 Å². The lowest BCUT2D eigenvalue weighted by atomic mass is 10.1. The van der Waals surface area contributed by atoms with Crippen LogP contribution >= 0.6 is 11.5 Å². The van der Waals surface area contributed by atoms with E-state index in [1.54, 1.807) is 11.6 Å². The number of imide groups is 1. The molecule has 144 valence electrons. The molecule has 3 rings (SSSR count). The number of aryl methyl sites for hydroxylation is 1. The zero-order chi connectivity index (χ0) is 19.6. The Labute approximate surface area is 156 Å². The molecule has 3 heterocycles. The maximum Gasteiger partial charge on any atom is 0.339 e. The number of carbonyl (C=O) groups excluding carboxylic acids is 3. The minimum Gasteiger partial charge on any atom is -0.341 e. The van der Waals surface area contributed by atoms with Crippen molar-refractivity contribution in [2.75, 3.05) is 11.3 Å². The predicted octanol–water partition coefficient (Wildman–Crippen LogP) is -2.17. The number of nitrogens with zero attached hydrogens (tertiary/aromatic N) is 6. The van der Waals surface area contributed by atoms with Crippen molar-refractivity contribution in [1.82, 2.24) is 39.5 Å². The van der Waals surface area contributed by atoms with Gasteiger partial charge in [0.2, 0.25) is 5.91 Å². The van der Waals surface area contributed by atoms with Gasteiger partial charge in [0.1, 0.15) is 18.9 Å². The molecule has 0 aliphatic carbocycles. The zero-order valence-electron chi connectivity index (χ0n) is 13.7. The first kappa shape index (κ1) is 18.6. The van der Waals surface area contributed by atoms with E-state index >= 15 is 0 Å². The monoisotopic (exact) mass is 415 g/mol. The number of amides is 4. The second kappa shape index (κ2) is 7.23. The minimum atomic E-state index is -4.25. The Morgan fingerprint density at radius 1 is 1.41 bits per heavy atom. The van der Waals surface area contributed by atoms with Crippen LogP contribution in [0.2, 0.25) is 0 Å². The van der Waals surface area contributed by atoms with Gasteiger partial charge in [0, 0.05) is 4.88 Å². The van der Waals surface area contributed by atoms with Crippen LogP contribution in [0.25, 0.3) is 0 Å². The van der Waals surface area contributed by atoms with E-state index in [2.05, 4.69) is 29.9 Å². The Hall–Kier alpha value is -3.14. The number of hydrogen-bond donors (Lipinski definition) is 3. The average molecular weight is 415 g/mol. The number of nitrogens with one attached hydrogen (secondary N) is 3. The largest absolute Gasteiger partial charge is 0.341 e. The first-order valence-corrected chi connectivity index (χ1v) is 9.58. The highest BCUT2D eigenvalue weighted by atomic mass is 32.2. The van der Waals surface area contributed by atoms with E-state index in [1.165, 1.54) is 12.4 Å². The molecule has 27 heavy (non-hydrogen) atoms. The number of carbonyl (C=O) groups is 3. The molecule has 0 spiro atoms. The second-order valence-electron chi connectivity index (χ2n) is 5.41. The van der Waals surface area contributed by atoms with Gasteiger partial charge in [-0.3, -0.25) is 14.5 Å². The average Bonchev–Trinajstić information content (AvgIpc) is 3.21. The maximum atomic E-state index is 12.0. The highest BCUT2D eigenvalue weighted by Crippen LogP contribution is 2.14. The molecule has 1 saturated heterocycles. The van der Waals surface area contributed by atoms with Crippen LogP contribution in [0.15, 0.2) is 12.4 Å². The molecule has 0 bridgehead atoms. The summed E-state index contributed by atoms with van der Waals surface area (Å²) in [6.45, 7) is 1.37. The van der Waals surface area contributed by atoms with Gasteiger partial charge in [-0.05, 0) is 34.9 Å². The van der Waals surface area contributed by atoms with Gasteiger partial charge >= 0.3 is 16.2 Å². The summed E-state index contributed by atoms with van der Waals surface area (Å²) < 4.78 is 32.6. The van der Waals surface area contributed by atoms with Gasteiger partial charge < -0.3 is 5.32 Å². The number of rotatable bonds is 6. The molecule has 0 radical (unpaired) electrons. The molecule has 4 amide bonds. The molecule has 2 aromatic heterocycles. The highest BCUT2D eigenvalue weighted by molar-refractivity contribution is 7.91. The van der Waals surface area contributed by atoms with Crippen LogP contribution in [0, 0.1) is 6.92 Å². The van der Waals surface area contributed by atoms with E-state index in [0.717, 1.165) is 21.1 Å².